The third-order valence-electron chi connectivity index (χ3n) is 6.27. The summed E-state index contributed by atoms with van der Waals surface area (Å²) in [5, 5.41) is 18.2. The van der Waals surface area contributed by atoms with E-state index in [1.54, 1.807) is 6.92 Å². The molecule has 0 atom stereocenters. The van der Waals surface area contributed by atoms with E-state index in [-0.39, 0.29) is 27.9 Å². The van der Waals surface area contributed by atoms with Crippen LogP contribution in [0, 0.1) is 17.0 Å². The first-order chi connectivity index (χ1) is 17.3. The highest BCUT2D eigenvalue weighted by Crippen LogP contribution is 2.30. The number of furan rings is 1. The first-order valence-corrected chi connectivity index (χ1v) is 12.2. The minimum atomic E-state index is -0.650. The maximum atomic E-state index is 12.8. The Kier molecular flexibility index (Phi) is 8.34. The molecule has 1 aliphatic carbocycles. The SMILES string of the molecule is Cc1c(C(=O)NCCCN2CCOCC2)oc2c1/C(=N/NC(=O)c1ccc(Cl)c([N+](=O)[O-])c1)CCC2. The highest BCUT2D eigenvalue weighted by atomic mass is 35.5. The molecule has 0 bridgehead atoms. The third kappa shape index (κ3) is 5.92. The zero-order chi connectivity index (χ0) is 25.7. The number of carbonyl (C=O) groups excluding carboxylic acids is 2. The lowest BCUT2D eigenvalue weighted by Crippen LogP contribution is -2.38. The van der Waals surface area contributed by atoms with Gasteiger partial charge in [-0.2, -0.15) is 5.10 Å². The predicted molar refractivity (Wildman–Crippen MR) is 133 cm³/mol. The number of hydrazone groups is 1. The van der Waals surface area contributed by atoms with E-state index >= 15 is 0 Å². The molecule has 2 aromatic rings. The van der Waals surface area contributed by atoms with Gasteiger partial charge in [0.05, 0.1) is 23.8 Å². The van der Waals surface area contributed by atoms with Gasteiger partial charge in [-0.15, -0.1) is 0 Å². The molecule has 1 aromatic carbocycles. The molecule has 1 aromatic heterocycles. The smallest absolute Gasteiger partial charge is 0.288 e. The molecule has 4 rings (SSSR count). The second kappa shape index (κ2) is 11.6. The van der Waals surface area contributed by atoms with Crippen LogP contribution in [0.25, 0.3) is 0 Å². The van der Waals surface area contributed by atoms with Crippen molar-refractivity contribution in [2.45, 2.75) is 32.6 Å². The van der Waals surface area contributed by atoms with Gasteiger partial charge in [0.2, 0.25) is 0 Å². The van der Waals surface area contributed by atoms with Crippen molar-refractivity contribution in [3.8, 4) is 0 Å². The van der Waals surface area contributed by atoms with Gasteiger partial charge in [-0.05, 0) is 44.9 Å². The van der Waals surface area contributed by atoms with E-state index in [1.807, 2.05) is 0 Å². The summed E-state index contributed by atoms with van der Waals surface area (Å²) in [6.45, 7) is 6.53. The van der Waals surface area contributed by atoms with Crippen LogP contribution < -0.4 is 10.7 Å². The number of nitrogens with zero attached hydrogens (tertiary/aromatic N) is 3. The predicted octanol–water partition coefficient (Wildman–Crippen LogP) is 3.07. The van der Waals surface area contributed by atoms with Crippen molar-refractivity contribution < 1.29 is 23.7 Å². The fourth-order valence-electron chi connectivity index (χ4n) is 4.38. The number of nitrogens with one attached hydrogen (secondary N) is 2. The van der Waals surface area contributed by atoms with Gasteiger partial charge in [0.1, 0.15) is 10.8 Å². The standard InChI is InChI=1S/C24H28ClN5O6/c1-15-21-18(27-28-23(31)16-6-7-17(25)19(14-16)30(33)34)4-2-5-20(21)36-22(15)24(32)26-8-3-9-29-10-12-35-13-11-29/h6-7,14H,2-5,8-13H2,1H3,(H,26,32)(H,28,31)/b27-18+. The fraction of sp³-hybridized carbons (Fsp3) is 0.458. The number of hydrogen-bond donors (Lipinski definition) is 2. The van der Waals surface area contributed by atoms with Crippen molar-refractivity contribution in [2.24, 2.45) is 5.10 Å². The maximum absolute atomic E-state index is 12.8. The van der Waals surface area contributed by atoms with Gasteiger partial charge in [0, 0.05) is 48.8 Å². The largest absolute Gasteiger partial charge is 0.455 e. The highest BCUT2D eigenvalue weighted by molar-refractivity contribution is 6.32. The van der Waals surface area contributed by atoms with Crippen LogP contribution in [0.5, 0.6) is 0 Å². The number of rotatable bonds is 8. The molecule has 1 fully saturated rings. The Hall–Kier alpha value is -3.28. The second-order valence-electron chi connectivity index (χ2n) is 8.69. The molecule has 2 aliphatic rings. The summed E-state index contributed by atoms with van der Waals surface area (Å²) in [7, 11) is 0. The van der Waals surface area contributed by atoms with Crippen molar-refractivity contribution >= 4 is 34.8 Å². The number of ether oxygens (including phenoxy) is 1. The number of hydrogen-bond acceptors (Lipinski definition) is 8. The molecule has 2 N–H and O–H groups in total. The highest BCUT2D eigenvalue weighted by Gasteiger charge is 2.28. The molecule has 0 spiro atoms. The fourth-order valence-corrected chi connectivity index (χ4v) is 4.57. The molecule has 192 valence electrons. The first kappa shape index (κ1) is 25.8. The van der Waals surface area contributed by atoms with Crippen LogP contribution >= 0.6 is 11.6 Å². The van der Waals surface area contributed by atoms with Crippen LogP contribution in [-0.2, 0) is 11.2 Å². The summed E-state index contributed by atoms with van der Waals surface area (Å²) in [5.41, 5.74) is 4.16. The summed E-state index contributed by atoms with van der Waals surface area (Å²) in [4.78, 5) is 38.1. The molecule has 2 heterocycles. The lowest BCUT2D eigenvalue weighted by molar-refractivity contribution is -0.384. The molecule has 0 radical (unpaired) electrons. The van der Waals surface area contributed by atoms with E-state index in [9.17, 15) is 19.7 Å². The summed E-state index contributed by atoms with van der Waals surface area (Å²) in [5.74, 6) is 0.0301. The van der Waals surface area contributed by atoms with E-state index < -0.39 is 10.8 Å². The van der Waals surface area contributed by atoms with E-state index in [0.29, 0.717) is 36.4 Å². The van der Waals surface area contributed by atoms with Crippen LogP contribution in [0.3, 0.4) is 0 Å². The summed E-state index contributed by atoms with van der Waals surface area (Å²) < 4.78 is 11.2. The number of nitro groups is 1. The van der Waals surface area contributed by atoms with Crippen LogP contribution in [0.4, 0.5) is 5.69 Å². The van der Waals surface area contributed by atoms with E-state index in [4.69, 9.17) is 20.8 Å². The molecule has 0 saturated carbocycles. The van der Waals surface area contributed by atoms with Crippen LogP contribution in [-0.4, -0.2) is 66.7 Å². The average Bonchev–Trinajstić information content (AvgIpc) is 3.23. The van der Waals surface area contributed by atoms with Gasteiger partial charge in [-0.1, -0.05) is 11.6 Å². The Balaban J connectivity index is 1.41. The molecular formula is C24H28ClN5O6. The van der Waals surface area contributed by atoms with Gasteiger partial charge in [-0.3, -0.25) is 24.6 Å². The summed E-state index contributed by atoms with van der Waals surface area (Å²) >= 11 is 5.82. The number of morpholine rings is 1. The number of amides is 2. The van der Waals surface area contributed by atoms with Gasteiger partial charge < -0.3 is 14.5 Å². The van der Waals surface area contributed by atoms with Crippen molar-refractivity contribution in [1.29, 1.82) is 0 Å². The van der Waals surface area contributed by atoms with Crippen molar-refractivity contribution in [3.05, 3.63) is 61.5 Å². The first-order valence-electron chi connectivity index (χ1n) is 11.9. The Morgan fingerprint density at radius 1 is 1.22 bits per heavy atom. The number of aryl methyl sites for hydroxylation is 1. The molecule has 1 aliphatic heterocycles. The Bertz CT molecular complexity index is 1190. The second-order valence-corrected chi connectivity index (χ2v) is 9.10. The number of benzene rings is 1. The quantitative estimate of drug-likeness (QED) is 0.311. The zero-order valence-electron chi connectivity index (χ0n) is 20.0. The number of carbonyl (C=O) groups is 2. The summed E-state index contributed by atoms with van der Waals surface area (Å²) in [6.07, 6.45) is 2.83. The number of fused-ring (bicyclic) bond motifs is 1. The molecular weight excluding hydrogens is 490 g/mol. The maximum Gasteiger partial charge on any atom is 0.288 e. The molecule has 12 heteroatoms. The summed E-state index contributed by atoms with van der Waals surface area (Å²) in [6, 6.07) is 3.79. The van der Waals surface area contributed by atoms with Crippen molar-refractivity contribution in [2.75, 3.05) is 39.4 Å². The van der Waals surface area contributed by atoms with E-state index in [0.717, 1.165) is 57.3 Å². The molecule has 11 nitrogen and oxygen atoms in total. The van der Waals surface area contributed by atoms with Gasteiger partial charge in [-0.25, -0.2) is 5.43 Å². The minimum absolute atomic E-state index is 0.0549. The Morgan fingerprint density at radius 2 is 2.00 bits per heavy atom. The topological polar surface area (TPSA) is 139 Å². The van der Waals surface area contributed by atoms with Crippen LogP contribution in [0.15, 0.2) is 27.7 Å². The van der Waals surface area contributed by atoms with Gasteiger partial charge in [0.15, 0.2) is 5.76 Å². The molecule has 0 unspecified atom stereocenters. The van der Waals surface area contributed by atoms with Gasteiger partial charge in [0.25, 0.3) is 17.5 Å². The number of halogens is 1. The third-order valence-corrected chi connectivity index (χ3v) is 6.59. The molecule has 2 amide bonds. The van der Waals surface area contributed by atoms with E-state index in [2.05, 4.69) is 20.7 Å². The minimum Gasteiger partial charge on any atom is -0.455 e. The van der Waals surface area contributed by atoms with Crippen molar-refractivity contribution in [1.82, 2.24) is 15.6 Å². The molecule has 1 saturated heterocycles. The Labute approximate surface area is 212 Å². The van der Waals surface area contributed by atoms with E-state index in [1.165, 1.54) is 12.1 Å². The lowest BCUT2D eigenvalue weighted by Gasteiger charge is -2.26. The average molecular weight is 518 g/mol. The van der Waals surface area contributed by atoms with Gasteiger partial charge >= 0.3 is 0 Å². The molecule has 36 heavy (non-hydrogen) atoms. The van der Waals surface area contributed by atoms with Crippen molar-refractivity contribution in [3.63, 3.8) is 0 Å². The Morgan fingerprint density at radius 3 is 2.75 bits per heavy atom. The van der Waals surface area contributed by atoms with Crippen LogP contribution in [0.2, 0.25) is 5.02 Å². The lowest BCUT2D eigenvalue weighted by atomic mass is 9.93. The zero-order valence-corrected chi connectivity index (χ0v) is 20.7. The van der Waals surface area contributed by atoms with Crippen LogP contribution in [0.1, 0.15) is 57.1 Å². The monoisotopic (exact) mass is 517 g/mol. The number of nitro benzene ring substituents is 1. The normalized spacial score (nSPS) is 17.0.